The van der Waals surface area contributed by atoms with Crippen LogP contribution in [0, 0.1) is 13.8 Å². The first kappa shape index (κ1) is 22.9. The molecule has 7 nitrogen and oxygen atoms in total. The van der Waals surface area contributed by atoms with E-state index in [1.807, 2.05) is 56.3 Å². The summed E-state index contributed by atoms with van der Waals surface area (Å²) in [5, 5.41) is 10.6. The number of methoxy groups -OCH3 is 1. The van der Waals surface area contributed by atoms with Crippen LogP contribution >= 0.6 is 0 Å². The first-order valence-corrected chi connectivity index (χ1v) is 11.4. The Kier molecular flexibility index (Phi) is 7.29. The maximum absolute atomic E-state index is 12.7. The lowest BCUT2D eigenvalue weighted by Crippen LogP contribution is -2.38. The normalized spacial score (nSPS) is 15.8. The average Bonchev–Trinajstić information content (AvgIpc) is 3.17. The van der Waals surface area contributed by atoms with Crippen LogP contribution in [-0.4, -0.2) is 37.4 Å². The van der Waals surface area contributed by atoms with Crippen LogP contribution in [0.5, 0.6) is 11.5 Å². The summed E-state index contributed by atoms with van der Waals surface area (Å²) in [5.41, 5.74) is 4.16. The third-order valence-corrected chi connectivity index (χ3v) is 5.94. The first-order chi connectivity index (χ1) is 16.0. The van der Waals surface area contributed by atoms with Gasteiger partial charge in [0, 0.05) is 17.3 Å². The largest absolute Gasteiger partial charge is 0.497 e. The van der Waals surface area contributed by atoms with Crippen molar-refractivity contribution in [2.45, 2.75) is 45.6 Å². The highest BCUT2D eigenvalue weighted by atomic mass is 16.5. The fourth-order valence-electron chi connectivity index (χ4n) is 4.19. The molecule has 3 aromatic rings. The number of hydrogen-bond acceptors (Lipinski definition) is 6. The van der Waals surface area contributed by atoms with Gasteiger partial charge in [0.15, 0.2) is 0 Å². The van der Waals surface area contributed by atoms with Crippen molar-refractivity contribution in [2.75, 3.05) is 25.6 Å². The van der Waals surface area contributed by atoms with Crippen LogP contribution in [0.1, 0.15) is 36.3 Å². The van der Waals surface area contributed by atoms with Gasteiger partial charge in [-0.05, 0) is 69.1 Å². The topological polar surface area (TPSA) is 85.6 Å². The predicted molar refractivity (Wildman–Crippen MR) is 128 cm³/mol. The van der Waals surface area contributed by atoms with Crippen LogP contribution in [0.3, 0.4) is 0 Å². The molecule has 1 aromatic heterocycles. The highest BCUT2D eigenvalue weighted by molar-refractivity contribution is 5.93. The second-order valence-electron chi connectivity index (χ2n) is 8.44. The minimum atomic E-state index is -0.0926. The molecule has 0 unspecified atom stereocenters. The molecule has 0 bridgehead atoms. The van der Waals surface area contributed by atoms with E-state index in [4.69, 9.17) is 14.0 Å². The molecule has 1 saturated heterocycles. The van der Waals surface area contributed by atoms with Gasteiger partial charge in [0.1, 0.15) is 23.9 Å². The number of carbonyl (C=O) groups excluding carboxylic acids is 1. The summed E-state index contributed by atoms with van der Waals surface area (Å²) in [6.07, 6.45) is 3.82. The Balaban J connectivity index is 1.52. The Morgan fingerprint density at radius 1 is 1.18 bits per heavy atom. The van der Waals surface area contributed by atoms with Crippen molar-refractivity contribution in [3.05, 3.63) is 59.5 Å². The van der Waals surface area contributed by atoms with Gasteiger partial charge in [-0.15, -0.1) is 0 Å². The van der Waals surface area contributed by atoms with Gasteiger partial charge in [0.2, 0.25) is 5.91 Å². The van der Waals surface area contributed by atoms with Crippen molar-refractivity contribution in [2.24, 2.45) is 0 Å². The maximum atomic E-state index is 12.7. The Hall–Kier alpha value is -3.32. The molecule has 0 saturated carbocycles. The number of carbonyl (C=O) groups is 1. The molecule has 174 valence electrons. The summed E-state index contributed by atoms with van der Waals surface area (Å²) in [7, 11) is 1.62. The number of aromatic nitrogens is 1. The standard InChI is InChI=1S/C26H31N3O4/c1-17-26(18(2)33-29-17)23-15-20(9-12-24(23)32-16-21-6-4-5-13-27-21)28-25(30)14-19-7-10-22(31-3)11-8-19/h7-12,15,21,27H,4-6,13-14,16H2,1-3H3,(H,28,30)/t21-/m1/s1. The first-order valence-electron chi connectivity index (χ1n) is 11.4. The van der Waals surface area contributed by atoms with E-state index in [0.717, 1.165) is 52.6 Å². The summed E-state index contributed by atoms with van der Waals surface area (Å²) in [4.78, 5) is 12.7. The number of rotatable bonds is 8. The Morgan fingerprint density at radius 3 is 2.67 bits per heavy atom. The molecule has 0 spiro atoms. The highest BCUT2D eigenvalue weighted by Gasteiger charge is 2.19. The number of nitrogens with zero attached hydrogens (tertiary/aromatic N) is 1. The number of amides is 1. The quantitative estimate of drug-likeness (QED) is 0.520. The second-order valence-corrected chi connectivity index (χ2v) is 8.44. The van der Waals surface area contributed by atoms with Crippen LogP contribution in [0.4, 0.5) is 5.69 Å². The molecule has 7 heteroatoms. The average molecular weight is 450 g/mol. The maximum Gasteiger partial charge on any atom is 0.228 e. The predicted octanol–water partition coefficient (Wildman–Crippen LogP) is 4.67. The summed E-state index contributed by atoms with van der Waals surface area (Å²) in [6.45, 7) is 5.42. The molecule has 2 aromatic carbocycles. The summed E-state index contributed by atoms with van der Waals surface area (Å²) >= 11 is 0. The molecule has 4 rings (SSSR count). The summed E-state index contributed by atoms with van der Waals surface area (Å²) in [5.74, 6) is 2.15. The molecule has 1 aliphatic rings. The van der Waals surface area contributed by atoms with E-state index in [1.54, 1.807) is 7.11 Å². The number of piperidine rings is 1. The van der Waals surface area contributed by atoms with E-state index >= 15 is 0 Å². The molecule has 1 fully saturated rings. The van der Waals surface area contributed by atoms with Gasteiger partial charge >= 0.3 is 0 Å². The molecule has 2 N–H and O–H groups in total. The van der Waals surface area contributed by atoms with E-state index in [9.17, 15) is 4.79 Å². The number of nitrogens with one attached hydrogen (secondary N) is 2. The smallest absolute Gasteiger partial charge is 0.228 e. The van der Waals surface area contributed by atoms with Crippen molar-refractivity contribution < 1.29 is 18.8 Å². The highest BCUT2D eigenvalue weighted by Crippen LogP contribution is 2.37. The van der Waals surface area contributed by atoms with Crippen molar-refractivity contribution in [3.63, 3.8) is 0 Å². The zero-order chi connectivity index (χ0) is 23.2. The van der Waals surface area contributed by atoms with Gasteiger partial charge in [-0.3, -0.25) is 4.79 Å². The number of ether oxygens (including phenoxy) is 2. The molecule has 1 aliphatic heterocycles. The zero-order valence-corrected chi connectivity index (χ0v) is 19.4. The monoisotopic (exact) mass is 449 g/mol. The fraction of sp³-hybridized carbons (Fsp3) is 0.385. The Morgan fingerprint density at radius 2 is 2.00 bits per heavy atom. The molecule has 0 radical (unpaired) electrons. The third kappa shape index (κ3) is 5.73. The number of aryl methyl sites for hydroxylation is 2. The van der Waals surface area contributed by atoms with Gasteiger partial charge in [-0.25, -0.2) is 0 Å². The lowest BCUT2D eigenvalue weighted by Gasteiger charge is -2.24. The minimum absolute atomic E-state index is 0.0926. The molecule has 1 amide bonds. The molecular weight excluding hydrogens is 418 g/mol. The van der Waals surface area contributed by atoms with E-state index in [-0.39, 0.29) is 12.3 Å². The zero-order valence-electron chi connectivity index (χ0n) is 19.4. The lowest BCUT2D eigenvalue weighted by atomic mass is 10.0. The third-order valence-electron chi connectivity index (χ3n) is 5.94. The SMILES string of the molecule is COc1ccc(CC(=O)Nc2ccc(OC[C@H]3CCCCN3)c(-c3c(C)noc3C)c2)cc1. The molecular formula is C26H31N3O4. The Bertz CT molecular complexity index is 1070. The molecule has 2 heterocycles. The van der Waals surface area contributed by atoms with Crippen molar-refractivity contribution >= 4 is 11.6 Å². The van der Waals surface area contributed by atoms with Gasteiger partial charge in [0.25, 0.3) is 0 Å². The second kappa shape index (κ2) is 10.5. The van der Waals surface area contributed by atoms with Crippen LogP contribution < -0.4 is 20.1 Å². The van der Waals surface area contributed by atoms with Gasteiger partial charge in [-0.2, -0.15) is 0 Å². The number of hydrogen-bond donors (Lipinski definition) is 2. The van der Waals surface area contributed by atoms with E-state index in [1.165, 1.54) is 12.8 Å². The minimum Gasteiger partial charge on any atom is -0.497 e. The molecule has 33 heavy (non-hydrogen) atoms. The van der Waals surface area contributed by atoms with E-state index in [0.29, 0.717) is 18.3 Å². The van der Waals surface area contributed by atoms with E-state index in [2.05, 4.69) is 15.8 Å². The summed E-state index contributed by atoms with van der Waals surface area (Å²) in [6, 6.07) is 13.6. The van der Waals surface area contributed by atoms with Crippen LogP contribution in [0.2, 0.25) is 0 Å². The van der Waals surface area contributed by atoms with E-state index < -0.39 is 0 Å². The van der Waals surface area contributed by atoms with Gasteiger partial charge < -0.3 is 24.6 Å². The van der Waals surface area contributed by atoms with Crippen molar-refractivity contribution in [1.29, 1.82) is 0 Å². The molecule has 0 aliphatic carbocycles. The fourth-order valence-corrected chi connectivity index (χ4v) is 4.19. The van der Waals surface area contributed by atoms with Gasteiger partial charge in [-0.1, -0.05) is 23.7 Å². The Labute approximate surface area is 194 Å². The molecule has 1 atom stereocenters. The number of benzene rings is 2. The van der Waals surface area contributed by atoms with Crippen LogP contribution in [-0.2, 0) is 11.2 Å². The lowest BCUT2D eigenvalue weighted by molar-refractivity contribution is -0.115. The van der Waals surface area contributed by atoms with Crippen LogP contribution in [0.15, 0.2) is 47.0 Å². The number of anilines is 1. The van der Waals surface area contributed by atoms with Crippen molar-refractivity contribution in [1.82, 2.24) is 10.5 Å². The van der Waals surface area contributed by atoms with Crippen molar-refractivity contribution in [3.8, 4) is 22.6 Å². The summed E-state index contributed by atoms with van der Waals surface area (Å²) < 4.78 is 16.8. The van der Waals surface area contributed by atoms with Crippen LogP contribution in [0.25, 0.3) is 11.1 Å². The van der Waals surface area contributed by atoms with Gasteiger partial charge in [0.05, 0.1) is 24.8 Å².